The van der Waals surface area contributed by atoms with Crippen LogP contribution in [0.2, 0.25) is 0 Å². The third-order valence-corrected chi connectivity index (χ3v) is 4.64. The zero-order valence-corrected chi connectivity index (χ0v) is 9.16. The molecule has 0 aromatic heterocycles. The molecule has 2 unspecified atom stereocenters. The van der Waals surface area contributed by atoms with Crippen molar-refractivity contribution in [2.45, 2.75) is 12.1 Å². The highest BCUT2D eigenvalue weighted by molar-refractivity contribution is 7.91. The largest absolute Gasteiger partial charge is 0.354 e. The van der Waals surface area contributed by atoms with Gasteiger partial charge in [-0.25, -0.2) is 8.42 Å². The molecule has 7 heteroatoms. The Kier molecular flexibility index (Phi) is 2.70. The molecular weight excluding hydrogens is 218 g/mol. The molecule has 15 heavy (non-hydrogen) atoms. The zero-order chi connectivity index (χ0) is 11.1. The average molecular weight is 233 g/mol. The summed E-state index contributed by atoms with van der Waals surface area (Å²) in [5.41, 5.74) is 5.78. The molecule has 0 aromatic rings. The maximum Gasteiger partial charge on any atom is 0.234 e. The van der Waals surface area contributed by atoms with Crippen molar-refractivity contribution in [3.05, 3.63) is 0 Å². The third-order valence-electron chi connectivity index (χ3n) is 2.90. The number of rotatable bonds is 1. The lowest BCUT2D eigenvalue weighted by molar-refractivity contribution is -0.124. The van der Waals surface area contributed by atoms with Crippen LogP contribution in [-0.2, 0) is 14.6 Å². The van der Waals surface area contributed by atoms with Gasteiger partial charge in [0, 0.05) is 25.2 Å². The van der Waals surface area contributed by atoms with Gasteiger partial charge in [0.05, 0.1) is 18.1 Å². The molecule has 0 aliphatic carbocycles. The Morgan fingerprint density at radius 2 is 2.13 bits per heavy atom. The smallest absolute Gasteiger partial charge is 0.234 e. The number of amides is 1. The molecule has 3 N–H and O–H groups in total. The third kappa shape index (κ3) is 2.30. The lowest BCUT2D eigenvalue weighted by atomic mass is 10.1. The first kappa shape index (κ1) is 10.8. The molecule has 2 fully saturated rings. The fraction of sp³-hybridized carbons (Fsp3) is 0.875. The first-order valence-corrected chi connectivity index (χ1v) is 6.77. The number of nitrogens with zero attached hydrogens (tertiary/aromatic N) is 1. The van der Waals surface area contributed by atoms with Gasteiger partial charge in [-0.15, -0.1) is 0 Å². The second-order valence-electron chi connectivity index (χ2n) is 4.13. The van der Waals surface area contributed by atoms with Crippen molar-refractivity contribution in [2.24, 2.45) is 5.73 Å². The minimum Gasteiger partial charge on any atom is -0.354 e. The molecule has 0 radical (unpaired) electrons. The van der Waals surface area contributed by atoms with E-state index in [0.717, 1.165) is 0 Å². The van der Waals surface area contributed by atoms with Gasteiger partial charge in [-0.2, -0.15) is 0 Å². The molecular formula is C8H15N3O3S. The van der Waals surface area contributed by atoms with E-state index >= 15 is 0 Å². The van der Waals surface area contributed by atoms with Crippen LogP contribution in [0.15, 0.2) is 0 Å². The number of piperazine rings is 1. The van der Waals surface area contributed by atoms with E-state index in [-0.39, 0.29) is 36.0 Å². The molecule has 2 saturated heterocycles. The van der Waals surface area contributed by atoms with Crippen LogP contribution < -0.4 is 11.1 Å². The number of sulfone groups is 1. The van der Waals surface area contributed by atoms with E-state index in [2.05, 4.69) is 5.32 Å². The van der Waals surface area contributed by atoms with Crippen molar-refractivity contribution in [3.8, 4) is 0 Å². The number of nitrogens with two attached hydrogens (primary N) is 1. The van der Waals surface area contributed by atoms with Crippen molar-refractivity contribution in [1.82, 2.24) is 10.2 Å². The van der Waals surface area contributed by atoms with Crippen LogP contribution in [0.25, 0.3) is 0 Å². The Morgan fingerprint density at radius 3 is 2.67 bits per heavy atom. The molecule has 2 atom stereocenters. The fourth-order valence-corrected chi connectivity index (χ4v) is 4.10. The summed E-state index contributed by atoms with van der Waals surface area (Å²) in [6.07, 6.45) is 0. The minimum atomic E-state index is -3.01. The van der Waals surface area contributed by atoms with Crippen LogP contribution in [0.4, 0.5) is 0 Å². The van der Waals surface area contributed by atoms with Crippen molar-refractivity contribution in [1.29, 1.82) is 0 Å². The van der Waals surface area contributed by atoms with Gasteiger partial charge in [-0.3, -0.25) is 9.69 Å². The summed E-state index contributed by atoms with van der Waals surface area (Å²) in [4.78, 5) is 13.0. The molecule has 6 nitrogen and oxygen atoms in total. The first-order valence-electron chi connectivity index (χ1n) is 4.95. The van der Waals surface area contributed by atoms with Gasteiger partial charge in [0.15, 0.2) is 9.84 Å². The predicted octanol–water partition coefficient (Wildman–Crippen LogP) is -2.46. The summed E-state index contributed by atoms with van der Waals surface area (Å²) in [7, 11) is -3.01. The van der Waals surface area contributed by atoms with Gasteiger partial charge in [0.25, 0.3) is 0 Å². The summed E-state index contributed by atoms with van der Waals surface area (Å²) in [5, 5.41) is 2.70. The maximum absolute atomic E-state index is 11.4. The second kappa shape index (κ2) is 3.73. The van der Waals surface area contributed by atoms with E-state index in [1.807, 2.05) is 4.90 Å². The summed E-state index contributed by atoms with van der Waals surface area (Å²) in [6, 6.07) is -0.554. The van der Waals surface area contributed by atoms with Gasteiger partial charge < -0.3 is 11.1 Å². The number of carbonyl (C=O) groups is 1. The van der Waals surface area contributed by atoms with Gasteiger partial charge in [-0.1, -0.05) is 0 Å². The Morgan fingerprint density at radius 1 is 1.40 bits per heavy atom. The second-order valence-corrected chi connectivity index (χ2v) is 6.28. The molecule has 0 bridgehead atoms. The van der Waals surface area contributed by atoms with E-state index < -0.39 is 9.84 Å². The maximum atomic E-state index is 11.4. The van der Waals surface area contributed by atoms with Crippen LogP contribution in [0, 0.1) is 0 Å². The van der Waals surface area contributed by atoms with E-state index in [4.69, 9.17) is 5.73 Å². The van der Waals surface area contributed by atoms with Crippen molar-refractivity contribution >= 4 is 15.7 Å². The van der Waals surface area contributed by atoms with Crippen LogP contribution >= 0.6 is 0 Å². The van der Waals surface area contributed by atoms with Crippen LogP contribution in [0.3, 0.4) is 0 Å². The van der Waals surface area contributed by atoms with E-state index in [0.29, 0.717) is 13.1 Å². The van der Waals surface area contributed by atoms with E-state index in [1.165, 1.54) is 0 Å². The number of nitrogens with one attached hydrogen (secondary N) is 1. The summed E-state index contributed by atoms with van der Waals surface area (Å²) in [6.45, 7) is 1.51. The SMILES string of the molecule is NC1CS(=O)(=O)CC1N1CCNC(=O)C1. The lowest BCUT2D eigenvalue weighted by Crippen LogP contribution is -2.56. The Labute approximate surface area is 88.7 Å². The topological polar surface area (TPSA) is 92.5 Å². The van der Waals surface area contributed by atoms with Crippen LogP contribution in [0.5, 0.6) is 0 Å². The van der Waals surface area contributed by atoms with Crippen LogP contribution in [-0.4, -0.2) is 62.4 Å². The lowest BCUT2D eigenvalue weighted by Gasteiger charge is -2.33. The summed E-state index contributed by atoms with van der Waals surface area (Å²) < 4.78 is 22.7. The minimum absolute atomic E-state index is 0.0375. The van der Waals surface area contributed by atoms with Crippen molar-refractivity contribution < 1.29 is 13.2 Å². The molecule has 2 rings (SSSR count). The van der Waals surface area contributed by atoms with E-state index in [9.17, 15) is 13.2 Å². The van der Waals surface area contributed by atoms with E-state index in [1.54, 1.807) is 0 Å². The fourth-order valence-electron chi connectivity index (χ4n) is 2.17. The highest BCUT2D eigenvalue weighted by Crippen LogP contribution is 2.17. The predicted molar refractivity (Wildman–Crippen MR) is 55.0 cm³/mol. The number of hydrogen-bond donors (Lipinski definition) is 2. The molecule has 0 spiro atoms. The Hall–Kier alpha value is -0.660. The quantitative estimate of drug-likeness (QED) is 0.524. The zero-order valence-electron chi connectivity index (χ0n) is 8.35. The van der Waals surface area contributed by atoms with Crippen molar-refractivity contribution in [3.63, 3.8) is 0 Å². The molecule has 86 valence electrons. The molecule has 2 aliphatic heterocycles. The molecule has 0 aromatic carbocycles. The standard InChI is InChI=1S/C8H15N3O3S/c9-6-4-15(13,14)5-7(6)11-2-1-10-8(12)3-11/h6-7H,1-5,9H2,(H,10,12). The highest BCUT2D eigenvalue weighted by atomic mass is 32.2. The number of hydrogen-bond acceptors (Lipinski definition) is 5. The highest BCUT2D eigenvalue weighted by Gasteiger charge is 2.39. The van der Waals surface area contributed by atoms with Gasteiger partial charge in [0.2, 0.25) is 5.91 Å². The normalized spacial score (nSPS) is 36.5. The summed E-state index contributed by atoms with van der Waals surface area (Å²) in [5.74, 6) is 0.0646. The first-order chi connectivity index (χ1) is 6.98. The average Bonchev–Trinajstić information content (AvgIpc) is 2.40. The molecule has 2 heterocycles. The van der Waals surface area contributed by atoms with Gasteiger partial charge >= 0.3 is 0 Å². The summed E-state index contributed by atoms with van der Waals surface area (Å²) >= 11 is 0. The van der Waals surface area contributed by atoms with Crippen molar-refractivity contribution in [2.75, 3.05) is 31.1 Å². The molecule has 1 amide bonds. The molecule has 0 saturated carbocycles. The molecule has 2 aliphatic rings. The van der Waals surface area contributed by atoms with Gasteiger partial charge in [0.1, 0.15) is 0 Å². The number of carbonyl (C=O) groups excluding carboxylic acids is 1. The van der Waals surface area contributed by atoms with Crippen LogP contribution in [0.1, 0.15) is 0 Å². The van der Waals surface area contributed by atoms with Gasteiger partial charge in [-0.05, 0) is 0 Å². The monoisotopic (exact) mass is 233 g/mol. The Bertz CT molecular complexity index is 367. The Balaban J connectivity index is 2.08.